The van der Waals surface area contributed by atoms with Gasteiger partial charge in [-0.05, 0) is 122 Å². The molecule has 1 aromatic carbocycles. The summed E-state index contributed by atoms with van der Waals surface area (Å²) in [6.45, 7) is 16.0. The number of esters is 1. The van der Waals surface area contributed by atoms with Gasteiger partial charge in [-0.15, -0.1) is 0 Å². The molecule has 2 N–H and O–H groups in total. The number of ketones is 1. The summed E-state index contributed by atoms with van der Waals surface area (Å²) < 4.78 is 5.28. The number of rotatable bonds is 4. The highest BCUT2D eigenvalue weighted by molar-refractivity contribution is 6.05. The Morgan fingerprint density at radius 3 is 2.17 bits per heavy atom. The number of amides is 1. The molecule has 1 amide bonds. The first-order chi connectivity index (χ1) is 21.4. The van der Waals surface area contributed by atoms with Gasteiger partial charge in [0.05, 0.1) is 23.7 Å². The highest BCUT2D eigenvalue weighted by Crippen LogP contribution is 2.75. The minimum atomic E-state index is -1.12. The number of carboxylic acid groups (broad SMARTS) is 1. The van der Waals surface area contributed by atoms with E-state index < -0.39 is 11.4 Å². The minimum absolute atomic E-state index is 0.00368. The topological polar surface area (TPSA) is 110 Å². The van der Waals surface area contributed by atoms with Gasteiger partial charge in [0.1, 0.15) is 0 Å². The Morgan fingerprint density at radius 1 is 0.870 bits per heavy atom. The largest absolute Gasteiger partial charge is 0.478 e. The van der Waals surface area contributed by atoms with Crippen LogP contribution in [0.1, 0.15) is 127 Å². The summed E-state index contributed by atoms with van der Waals surface area (Å²) in [6.07, 6.45) is 10.1. The lowest BCUT2D eigenvalue weighted by atomic mass is 9.33. The first-order valence-corrected chi connectivity index (χ1v) is 17.4. The third-order valence-electron chi connectivity index (χ3n) is 15.0. The molecule has 46 heavy (non-hydrogen) atoms. The molecule has 4 saturated carbocycles. The lowest BCUT2D eigenvalue weighted by Gasteiger charge is -2.70. The lowest BCUT2D eigenvalue weighted by molar-refractivity contribution is -0.189. The number of carboxylic acids is 1. The zero-order valence-corrected chi connectivity index (χ0v) is 29.0. The van der Waals surface area contributed by atoms with Gasteiger partial charge in [-0.1, -0.05) is 59.2 Å². The number of aromatic carboxylic acids is 1. The van der Waals surface area contributed by atoms with Gasteiger partial charge < -0.3 is 15.2 Å². The standard InChI is InChI=1S/C39H53NO6/c1-34(2)28-13-16-39(7)30(37(28,5)15-14-29(34)40-31(42)23-11-9-10-12-24(23)32(43)44)27(41)21-25-26-22-36(4,33(45)46-8)18-17-35(26,3)19-20-38(25,39)6/h9-12,21,26,28-30H,13-20,22H2,1-8H3,(H,40,42)(H,43,44)/t26-,28-,29?,30+,35+,36-,37-,38+,39+/m0/s1. The second-order valence-electron chi connectivity index (χ2n) is 17.5. The molecule has 250 valence electrons. The van der Waals surface area contributed by atoms with Crippen molar-refractivity contribution in [3.8, 4) is 0 Å². The maximum Gasteiger partial charge on any atom is 0.336 e. The van der Waals surface area contributed by atoms with Crippen LogP contribution in [0.2, 0.25) is 0 Å². The van der Waals surface area contributed by atoms with Crippen molar-refractivity contribution < 1.29 is 29.0 Å². The molecule has 7 heteroatoms. The number of carbonyl (C=O) groups excluding carboxylic acids is 3. The average Bonchev–Trinajstić information content (AvgIpc) is 2.99. The maximum atomic E-state index is 14.7. The fraction of sp³-hybridized carbons (Fsp3) is 0.692. The van der Waals surface area contributed by atoms with Crippen LogP contribution in [-0.4, -0.2) is 41.9 Å². The van der Waals surface area contributed by atoms with Gasteiger partial charge in [-0.25, -0.2) is 4.79 Å². The summed E-state index contributed by atoms with van der Waals surface area (Å²) in [7, 11) is 1.48. The van der Waals surface area contributed by atoms with Crippen molar-refractivity contribution in [1.82, 2.24) is 5.32 Å². The molecule has 0 radical (unpaired) electrons. The van der Waals surface area contributed by atoms with Crippen molar-refractivity contribution >= 4 is 23.6 Å². The molecule has 0 aliphatic heterocycles. The fourth-order valence-electron chi connectivity index (χ4n) is 12.0. The number of carbonyl (C=O) groups is 4. The monoisotopic (exact) mass is 631 g/mol. The molecular formula is C39H53NO6. The Hall–Kier alpha value is -2.96. The number of hydrogen-bond donors (Lipinski definition) is 2. The molecule has 1 unspecified atom stereocenters. The normalized spacial score (nSPS) is 42.7. The van der Waals surface area contributed by atoms with E-state index in [4.69, 9.17) is 4.74 Å². The average molecular weight is 632 g/mol. The molecule has 9 atom stereocenters. The second-order valence-corrected chi connectivity index (χ2v) is 17.5. The summed E-state index contributed by atoms with van der Waals surface area (Å²) in [4.78, 5) is 53.0. The second kappa shape index (κ2) is 10.5. The number of allylic oxidation sites excluding steroid dienone is 2. The van der Waals surface area contributed by atoms with Crippen LogP contribution in [0.5, 0.6) is 0 Å². The predicted molar refractivity (Wildman–Crippen MR) is 176 cm³/mol. The van der Waals surface area contributed by atoms with Gasteiger partial charge in [0.15, 0.2) is 5.78 Å². The number of fused-ring (bicyclic) bond motifs is 7. The number of benzene rings is 1. The molecule has 6 rings (SSSR count). The molecule has 0 heterocycles. The van der Waals surface area contributed by atoms with Crippen LogP contribution in [0.3, 0.4) is 0 Å². The Morgan fingerprint density at radius 2 is 1.52 bits per heavy atom. The van der Waals surface area contributed by atoms with E-state index in [-0.39, 0.29) is 79.7 Å². The van der Waals surface area contributed by atoms with Gasteiger partial charge in [0.2, 0.25) is 0 Å². The SMILES string of the molecule is COC(=O)[C@@]1(C)CC[C@]2(C)CC[C@]3(C)C(=CC(=O)[C@@H]4[C@@]5(C)CCC(NC(=O)c6ccccc6C(=O)O)C(C)(C)[C@@H]5CC[C@]43C)[C@@H]2C1. The molecule has 5 aliphatic rings. The van der Waals surface area contributed by atoms with Gasteiger partial charge in [-0.2, -0.15) is 0 Å². The summed E-state index contributed by atoms with van der Waals surface area (Å²) in [5, 5.41) is 12.9. The Kier molecular flexibility index (Phi) is 7.54. The molecule has 0 aromatic heterocycles. The van der Waals surface area contributed by atoms with Crippen molar-refractivity contribution in [3.05, 3.63) is 47.0 Å². The molecular weight excluding hydrogens is 578 g/mol. The van der Waals surface area contributed by atoms with Crippen LogP contribution in [0, 0.1) is 50.2 Å². The summed E-state index contributed by atoms with van der Waals surface area (Å²) >= 11 is 0. The van der Waals surface area contributed by atoms with E-state index in [0.29, 0.717) is 0 Å². The summed E-state index contributed by atoms with van der Waals surface area (Å²) in [5.41, 5.74) is 0.0835. The first-order valence-electron chi connectivity index (χ1n) is 17.4. The lowest BCUT2D eigenvalue weighted by Crippen LogP contribution is -2.67. The highest BCUT2D eigenvalue weighted by Gasteiger charge is 2.70. The summed E-state index contributed by atoms with van der Waals surface area (Å²) in [5.74, 6) is -1.12. The van der Waals surface area contributed by atoms with E-state index in [9.17, 15) is 24.3 Å². The van der Waals surface area contributed by atoms with Gasteiger partial charge in [-0.3, -0.25) is 14.4 Å². The molecule has 4 fully saturated rings. The molecule has 1 aromatic rings. The number of ether oxygens (including phenoxy) is 1. The van der Waals surface area contributed by atoms with Crippen molar-refractivity contribution in [2.45, 2.75) is 112 Å². The van der Waals surface area contributed by atoms with Crippen LogP contribution >= 0.6 is 0 Å². The third-order valence-corrected chi connectivity index (χ3v) is 15.0. The molecule has 0 saturated heterocycles. The molecule has 0 spiro atoms. The van der Waals surface area contributed by atoms with Gasteiger partial charge >= 0.3 is 11.9 Å². The number of nitrogens with one attached hydrogen (secondary N) is 1. The van der Waals surface area contributed by atoms with E-state index in [2.05, 4.69) is 46.9 Å². The van der Waals surface area contributed by atoms with E-state index >= 15 is 0 Å². The Labute approximate surface area is 274 Å². The van der Waals surface area contributed by atoms with Crippen molar-refractivity contribution in [2.75, 3.05) is 7.11 Å². The first kappa shape index (κ1) is 33.0. The minimum Gasteiger partial charge on any atom is -0.478 e. The fourth-order valence-corrected chi connectivity index (χ4v) is 12.0. The van der Waals surface area contributed by atoms with Crippen molar-refractivity contribution in [2.24, 2.45) is 50.2 Å². The van der Waals surface area contributed by atoms with Gasteiger partial charge in [0.25, 0.3) is 5.91 Å². The maximum absolute atomic E-state index is 14.7. The van der Waals surface area contributed by atoms with Crippen molar-refractivity contribution in [1.29, 1.82) is 0 Å². The number of hydrogen-bond acceptors (Lipinski definition) is 5. The van der Waals surface area contributed by atoms with E-state index in [1.54, 1.807) is 18.2 Å². The van der Waals surface area contributed by atoms with Crippen LogP contribution in [0.4, 0.5) is 0 Å². The molecule has 7 nitrogen and oxygen atoms in total. The van der Waals surface area contributed by atoms with Gasteiger partial charge in [0, 0.05) is 12.0 Å². The molecule has 0 bridgehead atoms. The zero-order valence-electron chi connectivity index (χ0n) is 29.0. The van der Waals surface area contributed by atoms with Crippen LogP contribution < -0.4 is 5.32 Å². The predicted octanol–water partition coefficient (Wildman–Crippen LogP) is 7.64. The third kappa shape index (κ3) is 4.42. The van der Waals surface area contributed by atoms with E-state index in [0.717, 1.165) is 57.8 Å². The van der Waals surface area contributed by atoms with Crippen LogP contribution in [0.25, 0.3) is 0 Å². The van der Waals surface area contributed by atoms with Crippen LogP contribution in [-0.2, 0) is 14.3 Å². The Balaban J connectivity index is 1.33. The Bertz CT molecular complexity index is 1530. The van der Waals surface area contributed by atoms with Crippen LogP contribution in [0.15, 0.2) is 35.9 Å². The molecule has 5 aliphatic carbocycles. The zero-order chi connectivity index (χ0) is 33.7. The quantitative estimate of drug-likeness (QED) is 0.331. The highest BCUT2D eigenvalue weighted by atomic mass is 16.5. The van der Waals surface area contributed by atoms with E-state index in [1.165, 1.54) is 18.7 Å². The smallest absolute Gasteiger partial charge is 0.336 e. The number of methoxy groups -OCH3 is 1. The van der Waals surface area contributed by atoms with E-state index in [1.807, 2.05) is 13.0 Å². The van der Waals surface area contributed by atoms with Crippen molar-refractivity contribution in [3.63, 3.8) is 0 Å². The summed E-state index contributed by atoms with van der Waals surface area (Å²) in [6, 6.07) is 6.23.